The van der Waals surface area contributed by atoms with Gasteiger partial charge in [0.1, 0.15) is 5.54 Å². The summed E-state index contributed by atoms with van der Waals surface area (Å²) in [6.07, 6.45) is 0. The van der Waals surface area contributed by atoms with Crippen LogP contribution in [0.3, 0.4) is 0 Å². The number of hydrogen-bond donors (Lipinski definition) is 0. The summed E-state index contributed by atoms with van der Waals surface area (Å²) >= 11 is 1.46. The predicted molar refractivity (Wildman–Crippen MR) is 79.4 cm³/mol. The molecule has 0 aromatic carbocycles. The maximum Gasteiger partial charge on any atom is 0.245 e. The maximum atomic E-state index is 12.9. The van der Waals surface area contributed by atoms with Gasteiger partial charge in [-0.1, -0.05) is 0 Å². The number of nitrogens with zero attached hydrogens (tertiary/aromatic N) is 2. The fourth-order valence-corrected chi connectivity index (χ4v) is 5.86. The van der Waals surface area contributed by atoms with Gasteiger partial charge in [0.05, 0.1) is 4.90 Å². The molecule has 2 heterocycles. The molecule has 0 spiro atoms. The quantitative estimate of drug-likeness (QED) is 0.833. The van der Waals surface area contributed by atoms with Crippen LogP contribution in [0.25, 0.3) is 0 Å². The second-order valence-electron chi connectivity index (χ2n) is 5.64. The van der Waals surface area contributed by atoms with Crippen molar-refractivity contribution in [2.75, 3.05) is 20.1 Å². The number of rotatable bonds is 2. The van der Waals surface area contributed by atoms with E-state index in [0.717, 1.165) is 9.75 Å². The normalized spacial score (nSPS) is 20.4. The first kappa shape index (κ1) is 15.5. The third-order valence-corrected chi connectivity index (χ3v) is 6.99. The molecule has 2 rings (SSSR count). The van der Waals surface area contributed by atoms with Crippen molar-refractivity contribution in [2.45, 2.75) is 38.1 Å². The molecule has 1 amide bonds. The summed E-state index contributed by atoms with van der Waals surface area (Å²) < 4.78 is 27.0. The van der Waals surface area contributed by atoms with Crippen molar-refractivity contribution in [3.63, 3.8) is 0 Å². The maximum absolute atomic E-state index is 12.9. The van der Waals surface area contributed by atoms with Crippen LogP contribution in [0.4, 0.5) is 0 Å². The lowest BCUT2D eigenvalue weighted by atomic mass is 10.0. The molecule has 1 aliphatic heterocycles. The van der Waals surface area contributed by atoms with Crippen LogP contribution in [0.15, 0.2) is 11.0 Å². The first-order chi connectivity index (χ1) is 9.08. The topological polar surface area (TPSA) is 57.7 Å². The Morgan fingerprint density at radius 1 is 1.25 bits per heavy atom. The smallest absolute Gasteiger partial charge is 0.245 e. The van der Waals surface area contributed by atoms with Crippen molar-refractivity contribution >= 4 is 27.3 Å². The van der Waals surface area contributed by atoms with Gasteiger partial charge in [-0.25, -0.2) is 8.42 Å². The number of thiophene rings is 1. The molecule has 0 radical (unpaired) electrons. The van der Waals surface area contributed by atoms with Gasteiger partial charge < -0.3 is 4.90 Å². The van der Waals surface area contributed by atoms with Crippen molar-refractivity contribution in [1.29, 1.82) is 0 Å². The molecule has 0 atom stereocenters. The molecule has 1 aliphatic rings. The second kappa shape index (κ2) is 4.82. The lowest BCUT2D eigenvalue weighted by molar-refractivity contribution is -0.142. The fourth-order valence-electron chi connectivity index (χ4n) is 2.60. The van der Waals surface area contributed by atoms with E-state index in [1.165, 1.54) is 15.6 Å². The summed E-state index contributed by atoms with van der Waals surface area (Å²) in [7, 11) is -1.94. The highest BCUT2D eigenvalue weighted by Gasteiger charge is 2.47. The van der Waals surface area contributed by atoms with Gasteiger partial charge in [-0.15, -0.1) is 11.3 Å². The first-order valence-corrected chi connectivity index (χ1v) is 8.69. The van der Waals surface area contributed by atoms with E-state index < -0.39 is 15.6 Å². The van der Waals surface area contributed by atoms with Crippen molar-refractivity contribution < 1.29 is 13.2 Å². The number of hydrogen-bond acceptors (Lipinski definition) is 4. The van der Waals surface area contributed by atoms with Crippen LogP contribution >= 0.6 is 11.3 Å². The molecule has 0 aliphatic carbocycles. The lowest BCUT2D eigenvalue weighted by Gasteiger charge is -2.43. The fraction of sp³-hybridized carbons (Fsp3) is 0.615. The minimum atomic E-state index is -3.64. The monoisotopic (exact) mass is 316 g/mol. The Morgan fingerprint density at radius 2 is 1.85 bits per heavy atom. The molecule has 1 saturated heterocycles. The van der Waals surface area contributed by atoms with Crippen LogP contribution in [0.2, 0.25) is 0 Å². The van der Waals surface area contributed by atoms with Crippen molar-refractivity contribution in [2.24, 2.45) is 0 Å². The number of carbonyl (C=O) groups excluding carboxylic acids is 1. The van der Waals surface area contributed by atoms with Crippen molar-refractivity contribution in [1.82, 2.24) is 9.21 Å². The summed E-state index contributed by atoms with van der Waals surface area (Å²) in [4.78, 5) is 15.9. The summed E-state index contributed by atoms with van der Waals surface area (Å²) in [6, 6.07) is 1.69. The van der Waals surface area contributed by atoms with Crippen LogP contribution < -0.4 is 0 Å². The first-order valence-electron chi connectivity index (χ1n) is 6.44. The Labute approximate surface area is 124 Å². The van der Waals surface area contributed by atoms with E-state index >= 15 is 0 Å². The van der Waals surface area contributed by atoms with Gasteiger partial charge in [0.15, 0.2) is 0 Å². The van der Waals surface area contributed by atoms with Gasteiger partial charge >= 0.3 is 0 Å². The average molecular weight is 316 g/mol. The van der Waals surface area contributed by atoms with Crippen LogP contribution in [0.5, 0.6) is 0 Å². The predicted octanol–water partition coefficient (Wildman–Crippen LogP) is 1.61. The number of piperazine rings is 1. The molecule has 5 nitrogen and oxygen atoms in total. The van der Waals surface area contributed by atoms with E-state index in [4.69, 9.17) is 0 Å². The van der Waals surface area contributed by atoms with Crippen molar-refractivity contribution in [3.8, 4) is 0 Å². The minimum absolute atomic E-state index is 0.170. The van der Waals surface area contributed by atoms with Crippen LogP contribution in [-0.4, -0.2) is 49.2 Å². The Morgan fingerprint density at radius 3 is 2.35 bits per heavy atom. The molecule has 1 aromatic heterocycles. The Kier molecular flexibility index (Phi) is 3.73. The SMILES string of the molecule is Cc1cc(S(=O)(=O)N2CCN(C)C(=O)C2(C)C)c(C)s1. The molecular weight excluding hydrogens is 296 g/mol. The van der Waals surface area contributed by atoms with E-state index in [0.29, 0.717) is 18.0 Å². The number of aryl methyl sites for hydroxylation is 2. The highest BCUT2D eigenvalue weighted by atomic mass is 32.2. The Balaban J connectivity index is 2.50. The average Bonchev–Trinajstić information content (AvgIpc) is 2.66. The van der Waals surface area contributed by atoms with Gasteiger partial charge in [-0.3, -0.25) is 4.79 Å². The zero-order valence-electron chi connectivity index (χ0n) is 12.4. The molecule has 0 N–H and O–H groups in total. The summed E-state index contributed by atoms with van der Waals surface area (Å²) in [5.74, 6) is -0.170. The van der Waals surface area contributed by atoms with Crippen molar-refractivity contribution in [3.05, 3.63) is 15.8 Å². The number of sulfonamides is 1. The molecule has 0 unspecified atom stereocenters. The largest absolute Gasteiger partial charge is 0.343 e. The highest BCUT2D eigenvalue weighted by Crippen LogP contribution is 2.33. The zero-order valence-corrected chi connectivity index (χ0v) is 14.1. The van der Waals surface area contributed by atoms with Gasteiger partial charge in [0.25, 0.3) is 0 Å². The summed E-state index contributed by atoms with van der Waals surface area (Å²) in [5, 5.41) is 0. The van der Waals surface area contributed by atoms with Gasteiger partial charge in [-0.05, 0) is 33.8 Å². The van der Waals surface area contributed by atoms with Gasteiger partial charge in [0, 0.05) is 29.9 Å². The zero-order chi connectivity index (χ0) is 15.3. The molecular formula is C13H20N2O3S2. The Bertz CT molecular complexity index is 647. The van der Waals surface area contributed by atoms with E-state index in [-0.39, 0.29) is 5.91 Å². The third kappa shape index (κ3) is 2.27. The van der Waals surface area contributed by atoms with E-state index in [1.807, 2.05) is 6.92 Å². The van der Waals surface area contributed by atoms with E-state index in [1.54, 1.807) is 38.8 Å². The molecule has 1 fully saturated rings. The minimum Gasteiger partial charge on any atom is -0.343 e. The number of likely N-dealkylation sites (N-methyl/N-ethyl adjacent to an activating group) is 1. The molecule has 1 aromatic rings. The van der Waals surface area contributed by atoms with Gasteiger partial charge in [0.2, 0.25) is 15.9 Å². The molecule has 0 saturated carbocycles. The summed E-state index contributed by atoms with van der Waals surface area (Å²) in [6.45, 7) is 7.76. The van der Waals surface area contributed by atoms with Crippen LogP contribution in [0, 0.1) is 13.8 Å². The summed E-state index contributed by atoms with van der Waals surface area (Å²) in [5.41, 5.74) is -1.05. The van der Waals surface area contributed by atoms with Crippen LogP contribution in [0.1, 0.15) is 23.6 Å². The van der Waals surface area contributed by atoms with Crippen LogP contribution in [-0.2, 0) is 14.8 Å². The standard InChI is InChI=1S/C13H20N2O3S2/c1-9-8-11(10(2)19-9)20(17,18)15-7-6-14(5)12(16)13(15,3)4/h8H,6-7H2,1-5H3. The Hall–Kier alpha value is -0.920. The third-order valence-electron chi connectivity index (χ3n) is 3.70. The number of carbonyl (C=O) groups is 1. The van der Waals surface area contributed by atoms with E-state index in [2.05, 4.69) is 0 Å². The highest BCUT2D eigenvalue weighted by molar-refractivity contribution is 7.89. The molecule has 0 bridgehead atoms. The molecule has 112 valence electrons. The van der Waals surface area contributed by atoms with Gasteiger partial charge in [-0.2, -0.15) is 4.31 Å². The molecule has 20 heavy (non-hydrogen) atoms. The number of amides is 1. The van der Waals surface area contributed by atoms with E-state index in [9.17, 15) is 13.2 Å². The lowest BCUT2D eigenvalue weighted by Crippen LogP contribution is -2.63. The molecule has 7 heteroatoms. The second-order valence-corrected chi connectivity index (χ2v) is 8.93.